The molecule has 0 saturated carbocycles. The van der Waals surface area contributed by atoms with E-state index in [4.69, 9.17) is 0 Å². The number of rotatable bonds is 4. The lowest BCUT2D eigenvalue weighted by atomic mass is 10.1. The minimum absolute atomic E-state index is 0.00864. The van der Waals surface area contributed by atoms with Gasteiger partial charge >= 0.3 is 0 Å². The number of hydrogen-bond acceptors (Lipinski definition) is 4. The molecule has 1 heterocycles. The van der Waals surface area contributed by atoms with Crippen molar-refractivity contribution < 1.29 is 4.79 Å². The van der Waals surface area contributed by atoms with Gasteiger partial charge in [-0.3, -0.25) is 9.69 Å². The van der Waals surface area contributed by atoms with Gasteiger partial charge in [0.25, 0.3) is 0 Å². The SMILES string of the molecule is CCCN(C(C)=O)c1nnc(-c2ccccc2C)s1. The molecule has 0 radical (unpaired) electrons. The molecule has 0 N–H and O–H groups in total. The molecule has 2 aromatic rings. The van der Waals surface area contributed by atoms with Gasteiger partial charge in [-0.25, -0.2) is 0 Å². The average molecular weight is 275 g/mol. The van der Waals surface area contributed by atoms with Crippen molar-refractivity contribution in [2.45, 2.75) is 27.2 Å². The van der Waals surface area contributed by atoms with Gasteiger partial charge in [-0.05, 0) is 18.9 Å². The van der Waals surface area contributed by atoms with Crippen LogP contribution < -0.4 is 4.90 Å². The minimum Gasteiger partial charge on any atom is -0.287 e. The van der Waals surface area contributed by atoms with Gasteiger partial charge in [0.2, 0.25) is 11.0 Å². The summed E-state index contributed by atoms with van der Waals surface area (Å²) in [6.07, 6.45) is 0.902. The quantitative estimate of drug-likeness (QED) is 0.860. The lowest BCUT2D eigenvalue weighted by Crippen LogP contribution is -2.28. The fraction of sp³-hybridized carbons (Fsp3) is 0.357. The average Bonchev–Trinajstić information content (AvgIpc) is 2.85. The molecule has 2 rings (SSSR count). The highest BCUT2D eigenvalue weighted by Gasteiger charge is 2.16. The Bertz CT molecular complexity index is 580. The second-order valence-electron chi connectivity index (χ2n) is 4.38. The van der Waals surface area contributed by atoms with E-state index < -0.39 is 0 Å². The largest absolute Gasteiger partial charge is 0.287 e. The number of hydrogen-bond donors (Lipinski definition) is 0. The third kappa shape index (κ3) is 2.98. The van der Waals surface area contributed by atoms with Gasteiger partial charge in [-0.15, -0.1) is 10.2 Å². The zero-order chi connectivity index (χ0) is 13.8. The molecule has 1 aromatic carbocycles. The molecule has 0 unspecified atom stereocenters. The number of nitrogens with zero attached hydrogens (tertiary/aromatic N) is 3. The Morgan fingerprint density at radius 1 is 1.32 bits per heavy atom. The van der Waals surface area contributed by atoms with Crippen LogP contribution in [-0.4, -0.2) is 22.6 Å². The molecule has 4 nitrogen and oxygen atoms in total. The Balaban J connectivity index is 2.33. The Kier molecular flexibility index (Phi) is 4.27. The maximum absolute atomic E-state index is 11.6. The van der Waals surface area contributed by atoms with Crippen LogP contribution in [0.1, 0.15) is 25.8 Å². The van der Waals surface area contributed by atoms with Crippen LogP contribution in [0.4, 0.5) is 5.13 Å². The van der Waals surface area contributed by atoms with Crippen LogP contribution in [0.2, 0.25) is 0 Å². The van der Waals surface area contributed by atoms with Crippen LogP contribution in [0.15, 0.2) is 24.3 Å². The Morgan fingerprint density at radius 3 is 2.68 bits per heavy atom. The zero-order valence-electron chi connectivity index (χ0n) is 11.4. The number of benzene rings is 1. The Morgan fingerprint density at radius 2 is 2.05 bits per heavy atom. The maximum Gasteiger partial charge on any atom is 0.225 e. The minimum atomic E-state index is 0.00864. The van der Waals surface area contributed by atoms with E-state index in [0.29, 0.717) is 11.7 Å². The van der Waals surface area contributed by atoms with Crippen molar-refractivity contribution >= 4 is 22.4 Å². The van der Waals surface area contributed by atoms with Gasteiger partial charge in [0.05, 0.1) is 0 Å². The summed E-state index contributed by atoms with van der Waals surface area (Å²) >= 11 is 1.46. The van der Waals surface area contributed by atoms with Gasteiger partial charge in [0, 0.05) is 19.0 Å². The Labute approximate surface area is 117 Å². The highest BCUT2D eigenvalue weighted by molar-refractivity contribution is 7.18. The van der Waals surface area contributed by atoms with Crippen molar-refractivity contribution in [1.82, 2.24) is 10.2 Å². The monoisotopic (exact) mass is 275 g/mol. The summed E-state index contributed by atoms with van der Waals surface area (Å²) in [6.45, 7) is 6.33. The number of aromatic nitrogens is 2. The predicted octanol–water partition coefficient (Wildman–Crippen LogP) is 3.28. The number of carbonyl (C=O) groups is 1. The molecule has 100 valence electrons. The van der Waals surface area contributed by atoms with Crippen LogP contribution in [0.25, 0.3) is 10.6 Å². The van der Waals surface area contributed by atoms with Gasteiger partial charge < -0.3 is 0 Å². The van der Waals surface area contributed by atoms with Gasteiger partial charge in [-0.1, -0.05) is 42.5 Å². The first kappa shape index (κ1) is 13.7. The Hall–Kier alpha value is -1.75. The molecule has 1 aromatic heterocycles. The number of aryl methyl sites for hydroxylation is 1. The molecule has 0 aliphatic carbocycles. The van der Waals surface area contributed by atoms with Crippen LogP contribution in [0.3, 0.4) is 0 Å². The highest BCUT2D eigenvalue weighted by atomic mass is 32.1. The molecule has 19 heavy (non-hydrogen) atoms. The smallest absolute Gasteiger partial charge is 0.225 e. The third-order valence-electron chi connectivity index (χ3n) is 2.85. The van der Waals surface area contributed by atoms with Gasteiger partial charge in [0.15, 0.2) is 0 Å². The summed E-state index contributed by atoms with van der Waals surface area (Å²) in [7, 11) is 0. The van der Waals surface area contributed by atoms with Crippen LogP contribution >= 0.6 is 11.3 Å². The van der Waals surface area contributed by atoms with Gasteiger partial charge in [-0.2, -0.15) is 0 Å². The first-order chi connectivity index (χ1) is 9.13. The van der Waals surface area contributed by atoms with Crippen molar-refractivity contribution in [3.8, 4) is 10.6 Å². The van der Waals surface area contributed by atoms with Crippen molar-refractivity contribution in [2.75, 3.05) is 11.4 Å². The highest BCUT2D eigenvalue weighted by Crippen LogP contribution is 2.30. The fourth-order valence-electron chi connectivity index (χ4n) is 1.86. The van der Waals surface area contributed by atoms with E-state index in [1.54, 1.807) is 11.8 Å². The van der Waals surface area contributed by atoms with E-state index in [9.17, 15) is 4.79 Å². The summed E-state index contributed by atoms with van der Waals surface area (Å²) in [6, 6.07) is 8.06. The molecular formula is C14H17N3OS. The van der Waals surface area contributed by atoms with E-state index in [2.05, 4.69) is 10.2 Å². The normalized spacial score (nSPS) is 10.5. The third-order valence-corrected chi connectivity index (χ3v) is 3.83. The first-order valence-electron chi connectivity index (χ1n) is 6.31. The van der Waals surface area contributed by atoms with Crippen molar-refractivity contribution in [3.05, 3.63) is 29.8 Å². The van der Waals surface area contributed by atoms with Crippen molar-refractivity contribution in [3.63, 3.8) is 0 Å². The van der Waals surface area contributed by atoms with E-state index in [1.165, 1.54) is 11.3 Å². The maximum atomic E-state index is 11.6. The van der Waals surface area contributed by atoms with E-state index in [0.717, 1.165) is 22.6 Å². The number of anilines is 1. The summed E-state index contributed by atoms with van der Waals surface area (Å²) < 4.78 is 0. The molecule has 1 amide bonds. The van der Waals surface area contributed by atoms with Gasteiger partial charge in [0.1, 0.15) is 5.01 Å². The number of amides is 1. The van der Waals surface area contributed by atoms with E-state index >= 15 is 0 Å². The summed E-state index contributed by atoms with van der Waals surface area (Å²) in [4.78, 5) is 13.3. The summed E-state index contributed by atoms with van der Waals surface area (Å²) in [5.74, 6) is 0.00864. The first-order valence-corrected chi connectivity index (χ1v) is 7.12. The molecule has 0 saturated heterocycles. The lowest BCUT2D eigenvalue weighted by molar-refractivity contribution is -0.116. The van der Waals surface area contributed by atoms with Crippen molar-refractivity contribution in [1.29, 1.82) is 0 Å². The molecule has 0 atom stereocenters. The van der Waals surface area contributed by atoms with Crippen molar-refractivity contribution in [2.24, 2.45) is 0 Å². The molecule has 0 aliphatic heterocycles. The lowest BCUT2D eigenvalue weighted by Gasteiger charge is -2.15. The number of carbonyl (C=O) groups excluding carboxylic acids is 1. The van der Waals surface area contributed by atoms with E-state index in [1.807, 2.05) is 38.1 Å². The molecule has 0 aliphatic rings. The second-order valence-corrected chi connectivity index (χ2v) is 5.33. The molecule has 0 fully saturated rings. The molecule has 0 bridgehead atoms. The topological polar surface area (TPSA) is 46.1 Å². The summed E-state index contributed by atoms with van der Waals surface area (Å²) in [5.41, 5.74) is 2.24. The predicted molar refractivity (Wildman–Crippen MR) is 78.4 cm³/mol. The molecule has 5 heteroatoms. The standard InChI is InChI=1S/C14H17N3OS/c1-4-9-17(11(3)18)14-16-15-13(19-14)12-8-6-5-7-10(12)2/h5-8H,4,9H2,1-3H3. The summed E-state index contributed by atoms with van der Waals surface area (Å²) in [5, 5.41) is 9.89. The fourth-order valence-corrected chi connectivity index (χ4v) is 2.86. The second kappa shape index (κ2) is 5.93. The van der Waals surface area contributed by atoms with Crippen LogP contribution in [-0.2, 0) is 4.79 Å². The van der Waals surface area contributed by atoms with Crippen LogP contribution in [0.5, 0.6) is 0 Å². The van der Waals surface area contributed by atoms with E-state index in [-0.39, 0.29) is 5.91 Å². The van der Waals surface area contributed by atoms with Crippen LogP contribution in [0, 0.1) is 6.92 Å². The zero-order valence-corrected chi connectivity index (χ0v) is 12.2. The molecule has 0 spiro atoms. The molecular weight excluding hydrogens is 258 g/mol.